The van der Waals surface area contributed by atoms with Crippen molar-refractivity contribution in [2.45, 2.75) is 26.3 Å². The van der Waals surface area contributed by atoms with Crippen LogP contribution in [0.25, 0.3) is 0 Å². The first kappa shape index (κ1) is 27.4. The number of carbonyl (C=O) groups excluding carboxylic acids is 2. The van der Waals surface area contributed by atoms with Gasteiger partial charge in [0.05, 0.1) is 11.6 Å². The first-order chi connectivity index (χ1) is 18.2. The first-order valence-electron chi connectivity index (χ1n) is 11.8. The number of aromatic nitrogens is 2. The van der Waals surface area contributed by atoms with E-state index in [0.29, 0.717) is 35.0 Å². The van der Waals surface area contributed by atoms with E-state index in [9.17, 15) is 14.4 Å². The summed E-state index contributed by atoms with van der Waals surface area (Å²) in [5.74, 6) is -0.361. The van der Waals surface area contributed by atoms with E-state index in [0.717, 1.165) is 11.3 Å². The summed E-state index contributed by atoms with van der Waals surface area (Å²) in [4.78, 5) is 46.2. The van der Waals surface area contributed by atoms with E-state index < -0.39 is 23.9 Å². The molecule has 0 bridgehead atoms. The molecule has 3 aromatic rings. The maximum absolute atomic E-state index is 13.1. The van der Waals surface area contributed by atoms with Crippen molar-refractivity contribution in [1.29, 1.82) is 5.26 Å². The van der Waals surface area contributed by atoms with E-state index in [1.165, 1.54) is 20.2 Å². The lowest BCUT2D eigenvalue weighted by molar-refractivity contribution is -0.119. The summed E-state index contributed by atoms with van der Waals surface area (Å²) in [6.07, 6.45) is 0.990. The lowest BCUT2D eigenvalue weighted by Gasteiger charge is -2.21. The summed E-state index contributed by atoms with van der Waals surface area (Å²) < 4.78 is 0. The number of hydrogen-bond donors (Lipinski definition) is 5. The van der Waals surface area contributed by atoms with Gasteiger partial charge in [-0.15, -0.1) is 0 Å². The molecular formula is C26H28N8O4. The standard InChI is InChI=1S/C26H28N8O4/c1-4-12-28-22-21(15-29-25(33-22)32-18-10-8-17(14-27)9-11-18)24(36)31-20-7-5-6-19(13-20)30-23(35)16(2)34(3)26(37)38/h5-11,13,15-16H,4,12H2,1-3H3,(H,30,35)(H,31,36)(H,37,38)(H2,28,29,32,33). The molecule has 0 aliphatic carbocycles. The van der Waals surface area contributed by atoms with E-state index in [1.807, 2.05) is 6.92 Å². The van der Waals surface area contributed by atoms with Gasteiger partial charge >= 0.3 is 6.09 Å². The van der Waals surface area contributed by atoms with Gasteiger partial charge in [0.25, 0.3) is 5.91 Å². The van der Waals surface area contributed by atoms with Gasteiger partial charge in [0.2, 0.25) is 11.9 Å². The minimum Gasteiger partial charge on any atom is -0.465 e. The Morgan fingerprint density at radius 2 is 1.76 bits per heavy atom. The van der Waals surface area contributed by atoms with E-state index in [1.54, 1.807) is 48.5 Å². The fourth-order valence-electron chi connectivity index (χ4n) is 3.20. The van der Waals surface area contributed by atoms with Crippen molar-refractivity contribution < 1.29 is 19.5 Å². The summed E-state index contributed by atoms with van der Waals surface area (Å²) in [6, 6.07) is 14.4. The molecule has 0 aliphatic rings. The Morgan fingerprint density at radius 3 is 2.39 bits per heavy atom. The number of benzene rings is 2. The topological polar surface area (TPSA) is 172 Å². The Hall–Kier alpha value is -5.18. The summed E-state index contributed by atoms with van der Waals surface area (Å²) in [6.45, 7) is 4.04. The molecule has 0 saturated heterocycles. The zero-order valence-corrected chi connectivity index (χ0v) is 21.1. The minimum absolute atomic E-state index is 0.218. The van der Waals surface area contributed by atoms with Crippen LogP contribution in [0, 0.1) is 11.3 Å². The fraction of sp³-hybridized carbons (Fsp3) is 0.231. The molecule has 12 heteroatoms. The number of carboxylic acid groups (broad SMARTS) is 1. The average Bonchev–Trinajstić information content (AvgIpc) is 2.91. The third-order valence-corrected chi connectivity index (χ3v) is 5.50. The molecule has 3 rings (SSSR count). The Morgan fingerprint density at radius 1 is 1.08 bits per heavy atom. The number of likely N-dealkylation sites (N-methyl/N-ethyl adjacent to an activating group) is 1. The molecule has 3 amide bonds. The quantitative estimate of drug-likeness (QED) is 0.266. The monoisotopic (exact) mass is 516 g/mol. The van der Waals surface area contributed by atoms with Crippen LogP contribution in [-0.2, 0) is 4.79 Å². The van der Waals surface area contributed by atoms with Crippen molar-refractivity contribution in [3.63, 3.8) is 0 Å². The van der Waals surface area contributed by atoms with E-state index in [2.05, 4.69) is 37.3 Å². The third-order valence-electron chi connectivity index (χ3n) is 5.50. The van der Waals surface area contributed by atoms with Crippen molar-refractivity contribution in [2.75, 3.05) is 34.9 Å². The third kappa shape index (κ3) is 7.17. The SMILES string of the molecule is CCCNc1nc(Nc2ccc(C#N)cc2)ncc1C(=O)Nc1cccc(NC(=O)C(C)N(C)C(=O)O)c1. The summed E-state index contributed by atoms with van der Waals surface area (Å²) >= 11 is 0. The van der Waals surface area contributed by atoms with Gasteiger partial charge in [-0.1, -0.05) is 13.0 Å². The summed E-state index contributed by atoms with van der Waals surface area (Å²) in [5, 5.41) is 29.6. The van der Waals surface area contributed by atoms with Crippen LogP contribution in [0.4, 0.5) is 33.6 Å². The number of anilines is 5. The van der Waals surface area contributed by atoms with E-state index in [4.69, 9.17) is 10.4 Å². The first-order valence-corrected chi connectivity index (χ1v) is 11.8. The van der Waals surface area contributed by atoms with Crippen molar-refractivity contribution >= 4 is 46.7 Å². The fourth-order valence-corrected chi connectivity index (χ4v) is 3.20. The maximum atomic E-state index is 13.1. The minimum atomic E-state index is -1.22. The van der Waals surface area contributed by atoms with E-state index >= 15 is 0 Å². The van der Waals surface area contributed by atoms with Crippen molar-refractivity contribution in [1.82, 2.24) is 14.9 Å². The van der Waals surface area contributed by atoms with Crippen molar-refractivity contribution in [2.24, 2.45) is 0 Å². The molecular weight excluding hydrogens is 488 g/mol. The predicted molar refractivity (Wildman–Crippen MR) is 144 cm³/mol. The second-order valence-electron chi connectivity index (χ2n) is 8.29. The second kappa shape index (κ2) is 12.7. The van der Waals surface area contributed by atoms with Gasteiger partial charge < -0.3 is 26.4 Å². The number of nitriles is 1. The second-order valence-corrected chi connectivity index (χ2v) is 8.29. The average molecular weight is 517 g/mol. The van der Waals surface area contributed by atoms with Gasteiger partial charge in [0.1, 0.15) is 17.4 Å². The van der Waals surface area contributed by atoms with E-state index in [-0.39, 0.29) is 11.5 Å². The Labute approximate surface area is 219 Å². The van der Waals surface area contributed by atoms with Crippen LogP contribution in [0.15, 0.2) is 54.7 Å². The molecule has 1 heterocycles. The van der Waals surface area contributed by atoms with Gasteiger partial charge in [-0.05, 0) is 55.8 Å². The number of amides is 3. The van der Waals surface area contributed by atoms with Gasteiger partial charge in [-0.3, -0.25) is 14.5 Å². The number of carbonyl (C=O) groups is 3. The molecule has 0 spiro atoms. The van der Waals surface area contributed by atoms with Gasteiger partial charge in [-0.25, -0.2) is 9.78 Å². The molecule has 2 aromatic carbocycles. The van der Waals surface area contributed by atoms with Gasteiger partial charge in [-0.2, -0.15) is 10.2 Å². The van der Waals surface area contributed by atoms with Crippen molar-refractivity contribution in [3.05, 3.63) is 65.9 Å². The number of hydrogen-bond acceptors (Lipinski definition) is 8. The molecule has 12 nitrogen and oxygen atoms in total. The molecule has 0 radical (unpaired) electrons. The Kier molecular flexibility index (Phi) is 9.15. The Balaban J connectivity index is 1.75. The molecule has 0 aliphatic heterocycles. The molecule has 5 N–H and O–H groups in total. The molecule has 196 valence electrons. The lowest BCUT2D eigenvalue weighted by atomic mass is 10.2. The highest BCUT2D eigenvalue weighted by molar-refractivity contribution is 6.07. The predicted octanol–water partition coefficient (Wildman–Crippen LogP) is 4.10. The number of nitrogens with one attached hydrogen (secondary N) is 4. The Bertz CT molecular complexity index is 1350. The van der Waals surface area contributed by atoms with Crippen LogP contribution >= 0.6 is 0 Å². The highest BCUT2D eigenvalue weighted by Crippen LogP contribution is 2.21. The lowest BCUT2D eigenvalue weighted by Crippen LogP contribution is -2.42. The van der Waals surface area contributed by atoms with Crippen LogP contribution < -0.4 is 21.3 Å². The van der Waals surface area contributed by atoms with Crippen molar-refractivity contribution in [3.8, 4) is 6.07 Å². The largest absolute Gasteiger partial charge is 0.465 e. The van der Waals surface area contributed by atoms with Crippen LogP contribution in [-0.4, -0.2) is 57.5 Å². The maximum Gasteiger partial charge on any atom is 0.407 e. The molecule has 0 saturated carbocycles. The van der Waals surface area contributed by atoms with Crippen LogP contribution in [0.3, 0.4) is 0 Å². The normalized spacial score (nSPS) is 11.0. The van der Waals surface area contributed by atoms with Crippen LogP contribution in [0.5, 0.6) is 0 Å². The zero-order valence-electron chi connectivity index (χ0n) is 21.1. The summed E-state index contributed by atoms with van der Waals surface area (Å²) in [7, 11) is 1.31. The highest BCUT2D eigenvalue weighted by atomic mass is 16.4. The van der Waals surface area contributed by atoms with Crippen LogP contribution in [0.2, 0.25) is 0 Å². The molecule has 1 atom stereocenters. The smallest absolute Gasteiger partial charge is 0.407 e. The highest BCUT2D eigenvalue weighted by Gasteiger charge is 2.22. The zero-order chi connectivity index (χ0) is 27.7. The molecule has 38 heavy (non-hydrogen) atoms. The summed E-state index contributed by atoms with van der Waals surface area (Å²) in [5.41, 5.74) is 2.23. The molecule has 0 fully saturated rings. The van der Waals surface area contributed by atoms with Crippen LogP contribution in [0.1, 0.15) is 36.2 Å². The van der Waals surface area contributed by atoms with Gasteiger partial charge in [0.15, 0.2) is 0 Å². The number of nitrogens with zero attached hydrogens (tertiary/aromatic N) is 4. The number of rotatable bonds is 10. The molecule has 1 aromatic heterocycles. The van der Waals surface area contributed by atoms with Gasteiger partial charge in [0, 0.05) is 36.9 Å². The molecule has 1 unspecified atom stereocenters.